The molecule has 3 atom stereocenters. The summed E-state index contributed by atoms with van der Waals surface area (Å²) in [5.41, 5.74) is -0.115. The van der Waals surface area contributed by atoms with Crippen LogP contribution in [-0.2, 0) is 14.3 Å². The fourth-order valence-electron chi connectivity index (χ4n) is 8.48. The summed E-state index contributed by atoms with van der Waals surface area (Å²) in [6.45, 7) is -1.18. The van der Waals surface area contributed by atoms with E-state index in [1.807, 2.05) is 12.1 Å². The molecule has 1 amide bonds. The van der Waals surface area contributed by atoms with E-state index in [0.29, 0.717) is 36.0 Å². The monoisotopic (exact) mass is 577 g/mol. The van der Waals surface area contributed by atoms with Gasteiger partial charge in [0.2, 0.25) is 0 Å². The Morgan fingerprint density at radius 2 is 1.88 bits per heavy atom. The third kappa shape index (κ3) is 5.98. The van der Waals surface area contributed by atoms with Crippen LogP contribution in [0, 0.1) is 23.7 Å². The number of carbonyl (C=O) groups excluding carboxylic acids is 2. The van der Waals surface area contributed by atoms with E-state index in [1.54, 1.807) is 11.8 Å². The second-order valence-electron chi connectivity index (χ2n) is 12.8. The Labute approximate surface area is 239 Å². The highest BCUT2D eigenvalue weighted by molar-refractivity contribution is 7.99. The minimum absolute atomic E-state index is 0.0108. The maximum atomic E-state index is 13.8. The lowest BCUT2D eigenvalue weighted by atomic mass is 9.52. The minimum atomic E-state index is -2.75. The molecule has 2 heterocycles. The summed E-state index contributed by atoms with van der Waals surface area (Å²) in [5.74, 6) is 1.55. The van der Waals surface area contributed by atoms with Crippen molar-refractivity contribution in [1.29, 1.82) is 0 Å². The van der Waals surface area contributed by atoms with Crippen molar-refractivity contribution < 1.29 is 27.8 Å². The average Bonchev–Trinajstić information content (AvgIpc) is 3.38. The molecule has 1 saturated heterocycles. The van der Waals surface area contributed by atoms with Crippen molar-refractivity contribution >= 4 is 29.5 Å². The molecule has 1 aromatic heterocycles. The lowest BCUT2D eigenvalue weighted by molar-refractivity contribution is -0.260. The molecule has 0 spiro atoms. The number of halogens is 2. The normalized spacial score (nSPS) is 33.5. The van der Waals surface area contributed by atoms with Gasteiger partial charge in [0, 0.05) is 24.4 Å². The summed E-state index contributed by atoms with van der Waals surface area (Å²) in [6.07, 6.45) is 11.1. The molecule has 220 valence electrons. The van der Waals surface area contributed by atoms with Crippen molar-refractivity contribution in [2.45, 2.75) is 106 Å². The van der Waals surface area contributed by atoms with Crippen LogP contribution in [0.1, 0.15) is 87.4 Å². The number of alkyl halides is 2. The number of hydrogen-bond acceptors (Lipinski definition) is 7. The lowest BCUT2D eigenvalue weighted by Gasteiger charge is -2.59. The average molecular weight is 578 g/mol. The van der Waals surface area contributed by atoms with Crippen LogP contribution >= 0.6 is 11.8 Å². The fraction of sp³-hybridized carbons (Fsp3) is 0.767. The van der Waals surface area contributed by atoms with Gasteiger partial charge in [-0.2, -0.15) is 8.78 Å². The highest BCUT2D eigenvalue weighted by Gasteiger charge is 2.57. The summed E-state index contributed by atoms with van der Waals surface area (Å²) in [7, 11) is 1.42. The quantitative estimate of drug-likeness (QED) is 0.371. The van der Waals surface area contributed by atoms with E-state index in [2.05, 4.69) is 10.2 Å². The van der Waals surface area contributed by atoms with Crippen LogP contribution in [0.15, 0.2) is 17.2 Å². The first-order chi connectivity index (χ1) is 19.3. The summed E-state index contributed by atoms with van der Waals surface area (Å²) in [5, 5.41) is 4.57. The van der Waals surface area contributed by atoms with E-state index in [4.69, 9.17) is 14.5 Å². The number of thioether (sulfide) groups is 1. The van der Waals surface area contributed by atoms with Crippen molar-refractivity contribution in [3.8, 4) is 0 Å². The van der Waals surface area contributed by atoms with Gasteiger partial charge in [0.05, 0.1) is 24.7 Å². The zero-order valence-corrected chi connectivity index (χ0v) is 24.1. The van der Waals surface area contributed by atoms with Gasteiger partial charge in [0.25, 0.3) is 5.91 Å². The summed E-state index contributed by atoms with van der Waals surface area (Å²) in [4.78, 5) is 32.8. The Morgan fingerprint density at radius 3 is 2.58 bits per heavy atom. The summed E-state index contributed by atoms with van der Waals surface area (Å²) in [6, 6.07) is 3.83. The van der Waals surface area contributed by atoms with E-state index in [1.165, 1.54) is 26.4 Å². The number of aromatic nitrogens is 1. The largest absolute Gasteiger partial charge is 0.469 e. The van der Waals surface area contributed by atoms with Gasteiger partial charge >= 0.3 is 12.6 Å². The van der Waals surface area contributed by atoms with E-state index in [-0.39, 0.29) is 35.7 Å². The molecule has 6 fully saturated rings. The number of esters is 1. The molecule has 6 aliphatic rings. The molecule has 5 aliphatic carbocycles. The van der Waals surface area contributed by atoms with Crippen LogP contribution in [0.25, 0.3) is 0 Å². The zero-order chi connectivity index (χ0) is 27.9. The van der Waals surface area contributed by atoms with Gasteiger partial charge in [-0.25, -0.2) is 4.98 Å². The van der Waals surface area contributed by atoms with E-state index >= 15 is 0 Å². The number of hydrogen-bond donors (Lipinski definition) is 1. The van der Waals surface area contributed by atoms with Gasteiger partial charge in [0.1, 0.15) is 10.8 Å². The number of carbonyl (C=O) groups is 2. The van der Waals surface area contributed by atoms with Crippen LogP contribution in [-0.4, -0.2) is 60.6 Å². The summed E-state index contributed by atoms with van der Waals surface area (Å²) < 4.78 is 36.5. The van der Waals surface area contributed by atoms with Crippen LogP contribution in [0.3, 0.4) is 0 Å². The highest BCUT2D eigenvalue weighted by atomic mass is 32.2. The smallest absolute Gasteiger partial charge is 0.345 e. The van der Waals surface area contributed by atoms with Gasteiger partial charge in [-0.05, 0) is 87.2 Å². The number of pyridine rings is 1. The molecule has 0 aromatic carbocycles. The van der Waals surface area contributed by atoms with E-state index in [0.717, 1.165) is 62.5 Å². The highest BCUT2D eigenvalue weighted by Crippen LogP contribution is 2.57. The molecule has 1 aromatic rings. The van der Waals surface area contributed by atoms with Crippen molar-refractivity contribution in [2.24, 2.45) is 23.7 Å². The van der Waals surface area contributed by atoms with Crippen molar-refractivity contribution in [2.75, 3.05) is 25.1 Å². The van der Waals surface area contributed by atoms with E-state index < -0.39 is 12.2 Å². The molecule has 5 saturated carbocycles. The molecular formula is C30H41F2N3O4S. The Hall–Kier alpha value is -1.94. The predicted octanol–water partition coefficient (Wildman–Crippen LogP) is 5.81. The van der Waals surface area contributed by atoms with E-state index in [9.17, 15) is 18.4 Å². The molecule has 10 heteroatoms. The molecule has 0 radical (unpaired) electrons. The Morgan fingerprint density at radius 1 is 1.12 bits per heavy atom. The van der Waals surface area contributed by atoms with Gasteiger partial charge in [-0.15, -0.1) is 11.8 Å². The molecule has 4 bridgehead atoms. The van der Waals surface area contributed by atoms with Crippen LogP contribution in [0.4, 0.5) is 14.6 Å². The Balaban J connectivity index is 1.19. The van der Waals surface area contributed by atoms with Gasteiger partial charge in [-0.1, -0.05) is 19.3 Å². The molecule has 1 N–H and O–H groups in total. The SMILES string of the molecule is COC(=O)C[C@@H]1CCN(c2ccc(C(=O)N[C@H]3C4CC5CC3C[C@@](OC(F)F)(C5)C4)c(SC3CCCCC3)n2)C1. The summed E-state index contributed by atoms with van der Waals surface area (Å²) >= 11 is 1.73. The second-order valence-corrected chi connectivity index (χ2v) is 14.1. The predicted molar refractivity (Wildman–Crippen MR) is 149 cm³/mol. The fourth-order valence-corrected chi connectivity index (χ4v) is 9.80. The first kappa shape index (κ1) is 28.2. The van der Waals surface area contributed by atoms with Gasteiger partial charge in [-0.3, -0.25) is 9.59 Å². The van der Waals surface area contributed by atoms with Crippen molar-refractivity contribution in [3.05, 3.63) is 17.7 Å². The Kier molecular flexibility index (Phi) is 8.28. The number of ether oxygens (including phenoxy) is 2. The molecule has 2 unspecified atom stereocenters. The molecule has 40 heavy (non-hydrogen) atoms. The number of rotatable bonds is 9. The first-order valence-corrected chi connectivity index (χ1v) is 15.9. The second kappa shape index (κ2) is 11.7. The molecule has 1 aliphatic heterocycles. The first-order valence-electron chi connectivity index (χ1n) is 15.1. The number of amides is 1. The maximum absolute atomic E-state index is 13.8. The molecule has 7 rings (SSSR count). The van der Waals surface area contributed by atoms with Crippen molar-refractivity contribution in [1.82, 2.24) is 10.3 Å². The molecule has 7 nitrogen and oxygen atoms in total. The van der Waals surface area contributed by atoms with Gasteiger partial charge < -0.3 is 19.7 Å². The zero-order valence-electron chi connectivity index (χ0n) is 23.3. The lowest BCUT2D eigenvalue weighted by Crippen LogP contribution is -2.62. The Bertz CT molecular complexity index is 1080. The standard InChI is InChI=1S/C30H41F2N3O4S/c1-38-25(36)13-18-9-10-35(17-18)24-8-7-23(28(33-24)40-22-5-3-2-4-6-22)27(37)34-26-20-11-19-12-21(26)16-30(14-19,15-20)39-29(31)32/h7-8,18-22,26,29H,2-6,9-17H2,1H3,(H,34,37)/t18-,19?,20?,21?,26-,30+/m0/s1. The number of anilines is 1. The van der Waals surface area contributed by atoms with Gasteiger partial charge in [0.15, 0.2) is 0 Å². The van der Waals surface area contributed by atoms with Crippen LogP contribution < -0.4 is 10.2 Å². The van der Waals surface area contributed by atoms with Crippen LogP contribution in [0.5, 0.6) is 0 Å². The van der Waals surface area contributed by atoms with Crippen molar-refractivity contribution in [3.63, 3.8) is 0 Å². The number of methoxy groups -OCH3 is 1. The van der Waals surface area contributed by atoms with Crippen LogP contribution in [0.2, 0.25) is 0 Å². The number of nitrogens with zero attached hydrogens (tertiary/aromatic N) is 2. The number of nitrogens with one attached hydrogen (secondary N) is 1. The minimum Gasteiger partial charge on any atom is -0.469 e. The maximum Gasteiger partial charge on any atom is 0.345 e. The topological polar surface area (TPSA) is 80.8 Å². The third-order valence-corrected chi connectivity index (χ3v) is 11.4. The third-order valence-electron chi connectivity index (χ3n) is 10.1. The molecular weight excluding hydrogens is 536 g/mol.